The number of carbonyl (C=O) groups is 1. The van der Waals surface area contributed by atoms with Gasteiger partial charge in [0.25, 0.3) is 5.91 Å². The summed E-state index contributed by atoms with van der Waals surface area (Å²) >= 11 is 0. The second-order valence-electron chi connectivity index (χ2n) is 6.24. The van der Waals surface area contributed by atoms with Crippen LogP contribution >= 0.6 is 0 Å². The summed E-state index contributed by atoms with van der Waals surface area (Å²) in [5.74, 6) is 0.739. The van der Waals surface area contributed by atoms with Crippen molar-refractivity contribution in [2.24, 2.45) is 0 Å². The molecule has 0 N–H and O–H groups in total. The van der Waals surface area contributed by atoms with Gasteiger partial charge in [-0.2, -0.15) is 0 Å². The van der Waals surface area contributed by atoms with Crippen molar-refractivity contribution in [1.82, 2.24) is 4.90 Å². The van der Waals surface area contributed by atoms with Crippen LogP contribution in [0.4, 0.5) is 0 Å². The molecule has 2 aliphatic rings. The molecule has 1 aromatic carbocycles. The highest BCUT2D eigenvalue weighted by Gasteiger charge is 2.28. The average Bonchev–Trinajstić information content (AvgIpc) is 3.15. The summed E-state index contributed by atoms with van der Waals surface area (Å²) in [4.78, 5) is 14.7. The third-order valence-electron chi connectivity index (χ3n) is 4.33. The summed E-state index contributed by atoms with van der Waals surface area (Å²) in [7, 11) is 0. The van der Waals surface area contributed by atoms with Gasteiger partial charge in [-0.05, 0) is 25.3 Å². The zero-order valence-corrected chi connectivity index (χ0v) is 14.6. The first-order valence-corrected chi connectivity index (χ1v) is 8.83. The molecule has 0 aliphatic carbocycles. The van der Waals surface area contributed by atoms with Crippen molar-refractivity contribution in [3.63, 3.8) is 0 Å². The zero-order valence-electron chi connectivity index (χ0n) is 14.6. The van der Waals surface area contributed by atoms with Crippen molar-refractivity contribution in [2.45, 2.75) is 25.9 Å². The van der Waals surface area contributed by atoms with Crippen molar-refractivity contribution in [3.05, 3.63) is 53.5 Å². The van der Waals surface area contributed by atoms with E-state index in [1.54, 1.807) is 11.8 Å². The maximum absolute atomic E-state index is 12.9. The minimum Gasteiger partial charge on any atom is -0.491 e. The molecule has 1 fully saturated rings. The summed E-state index contributed by atoms with van der Waals surface area (Å²) in [6.07, 6.45) is 6.16. The highest BCUT2D eigenvalue weighted by molar-refractivity contribution is 5.92. The van der Waals surface area contributed by atoms with Crippen LogP contribution in [-0.2, 0) is 19.0 Å². The lowest BCUT2D eigenvalue weighted by Crippen LogP contribution is -2.40. The van der Waals surface area contributed by atoms with E-state index in [0.717, 1.165) is 25.0 Å². The number of rotatable bonds is 6. The molecule has 1 aromatic rings. The van der Waals surface area contributed by atoms with E-state index in [-0.39, 0.29) is 12.0 Å². The number of benzene rings is 1. The molecule has 1 saturated heterocycles. The largest absolute Gasteiger partial charge is 0.491 e. The summed E-state index contributed by atoms with van der Waals surface area (Å²) in [5.41, 5.74) is 1.11. The van der Waals surface area contributed by atoms with Gasteiger partial charge in [0.15, 0.2) is 0 Å². The van der Waals surface area contributed by atoms with E-state index in [4.69, 9.17) is 14.2 Å². The molecule has 1 atom stereocenters. The second-order valence-corrected chi connectivity index (χ2v) is 6.24. The summed E-state index contributed by atoms with van der Waals surface area (Å²) in [6, 6.07) is 10.0. The number of ether oxygens (including phenoxy) is 3. The number of hydrogen-bond acceptors (Lipinski definition) is 4. The number of nitrogens with zero attached hydrogens (tertiary/aromatic N) is 1. The Kier molecular flexibility index (Phi) is 6.12. The molecule has 5 nitrogen and oxygen atoms in total. The maximum atomic E-state index is 12.9. The zero-order chi connectivity index (χ0) is 17.5. The molecular formula is C20H25NO4. The van der Waals surface area contributed by atoms with E-state index < -0.39 is 0 Å². The first kappa shape index (κ1) is 17.5. The molecular weight excluding hydrogens is 318 g/mol. The molecule has 134 valence electrons. The highest BCUT2D eigenvalue weighted by atomic mass is 16.6. The molecule has 1 amide bonds. The Hall–Kier alpha value is -2.27. The first-order chi connectivity index (χ1) is 12.2. The maximum Gasteiger partial charge on any atom is 0.292 e. The van der Waals surface area contributed by atoms with Gasteiger partial charge in [-0.15, -0.1) is 0 Å². The Morgan fingerprint density at radius 1 is 1.20 bits per heavy atom. The second kappa shape index (κ2) is 8.72. The Balaban J connectivity index is 1.70. The lowest BCUT2D eigenvalue weighted by molar-refractivity contribution is -0.133. The predicted octanol–water partition coefficient (Wildman–Crippen LogP) is 2.99. The Labute approximate surface area is 148 Å². The van der Waals surface area contributed by atoms with Crippen molar-refractivity contribution in [1.29, 1.82) is 0 Å². The van der Waals surface area contributed by atoms with E-state index in [1.165, 1.54) is 0 Å². The van der Waals surface area contributed by atoms with Gasteiger partial charge in [-0.25, -0.2) is 0 Å². The molecule has 0 aromatic heterocycles. The smallest absolute Gasteiger partial charge is 0.292 e. The standard InChI is InChI=1S/C20H25NO4/c1-16-19(25-14-13-23-16)20(22)21(15-18-10-6-12-24-18)11-5-9-17-7-3-2-4-8-17/h2-5,7-9,18H,6,10-15H2,1H3. The van der Waals surface area contributed by atoms with Crippen LogP contribution in [0.2, 0.25) is 0 Å². The first-order valence-electron chi connectivity index (χ1n) is 8.83. The lowest BCUT2D eigenvalue weighted by atomic mass is 10.2. The topological polar surface area (TPSA) is 48.0 Å². The molecule has 0 spiro atoms. The van der Waals surface area contributed by atoms with Crippen LogP contribution in [0.3, 0.4) is 0 Å². The fourth-order valence-electron chi connectivity index (χ4n) is 3.02. The Bertz CT molecular complexity index is 632. The van der Waals surface area contributed by atoms with Gasteiger partial charge in [-0.3, -0.25) is 4.79 Å². The van der Waals surface area contributed by atoms with Crippen LogP contribution in [0, 0.1) is 0 Å². The van der Waals surface area contributed by atoms with Gasteiger partial charge in [0.05, 0.1) is 6.10 Å². The van der Waals surface area contributed by atoms with Gasteiger partial charge >= 0.3 is 0 Å². The van der Waals surface area contributed by atoms with Gasteiger partial charge in [0.1, 0.15) is 19.0 Å². The van der Waals surface area contributed by atoms with Crippen LogP contribution in [-0.4, -0.2) is 49.8 Å². The van der Waals surface area contributed by atoms with E-state index in [9.17, 15) is 4.79 Å². The molecule has 0 saturated carbocycles. The molecule has 1 unspecified atom stereocenters. The van der Waals surface area contributed by atoms with Crippen LogP contribution < -0.4 is 0 Å². The minimum atomic E-state index is -0.134. The van der Waals surface area contributed by atoms with E-state index >= 15 is 0 Å². The number of hydrogen-bond donors (Lipinski definition) is 0. The van der Waals surface area contributed by atoms with Crippen LogP contribution in [0.5, 0.6) is 0 Å². The normalized spacial score (nSPS) is 20.4. The Morgan fingerprint density at radius 2 is 2.00 bits per heavy atom. The number of amides is 1. The lowest BCUT2D eigenvalue weighted by Gasteiger charge is -2.27. The third-order valence-corrected chi connectivity index (χ3v) is 4.33. The van der Waals surface area contributed by atoms with Gasteiger partial charge in [0.2, 0.25) is 5.76 Å². The molecule has 2 aliphatic heterocycles. The van der Waals surface area contributed by atoms with Gasteiger partial charge in [0, 0.05) is 19.7 Å². The molecule has 0 bridgehead atoms. The monoisotopic (exact) mass is 343 g/mol. The number of allylic oxidation sites excluding steroid dienone is 1. The van der Waals surface area contributed by atoms with Crippen molar-refractivity contribution >= 4 is 12.0 Å². The SMILES string of the molecule is CC1=C(C(=O)N(CC=Cc2ccccc2)CC2CCCO2)OCCO1. The van der Waals surface area contributed by atoms with Crippen molar-refractivity contribution < 1.29 is 19.0 Å². The molecule has 25 heavy (non-hydrogen) atoms. The highest BCUT2D eigenvalue weighted by Crippen LogP contribution is 2.19. The molecule has 2 heterocycles. The average molecular weight is 343 g/mol. The molecule has 5 heteroatoms. The van der Waals surface area contributed by atoms with Crippen molar-refractivity contribution in [2.75, 3.05) is 32.9 Å². The fourth-order valence-corrected chi connectivity index (χ4v) is 3.02. The van der Waals surface area contributed by atoms with Gasteiger partial charge < -0.3 is 19.1 Å². The fraction of sp³-hybridized carbons (Fsp3) is 0.450. The molecule has 3 rings (SSSR count). The summed E-state index contributed by atoms with van der Waals surface area (Å²) in [6.45, 7) is 4.52. The summed E-state index contributed by atoms with van der Waals surface area (Å²) in [5, 5.41) is 0. The van der Waals surface area contributed by atoms with Crippen LogP contribution in [0.1, 0.15) is 25.3 Å². The predicted molar refractivity (Wildman–Crippen MR) is 95.6 cm³/mol. The van der Waals surface area contributed by atoms with E-state index in [2.05, 4.69) is 0 Å². The van der Waals surface area contributed by atoms with Crippen molar-refractivity contribution in [3.8, 4) is 0 Å². The molecule has 0 radical (unpaired) electrons. The Morgan fingerprint density at radius 3 is 2.72 bits per heavy atom. The third kappa shape index (κ3) is 4.86. The van der Waals surface area contributed by atoms with Gasteiger partial charge in [-0.1, -0.05) is 42.5 Å². The van der Waals surface area contributed by atoms with E-state index in [1.807, 2.05) is 42.5 Å². The summed E-state index contributed by atoms with van der Waals surface area (Å²) < 4.78 is 16.7. The minimum absolute atomic E-state index is 0.0968. The number of carbonyl (C=O) groups excluding carboxylic acids is 1. The van der Waals surface area contributed by atoms with E-state index in [0.29, 0.717) is 37.8 Å². The van der Waals surface area contributed by atoms with Crippen LogP contribution in [0.25, 0.3) is 6.08 Å². The quantitative estimate of drug-likeness (QED) is 0.797. The van der Waals surface area contributed by atoms with Crippen LogP contribution in [0.15, 0.2) is 47.9 Å².